The number of aromatic nitrogens is 4. The van der Waals surface area contributed by atoms with Crippen molar-refractivity contribution in [2.45, 2.75) is 69.1 Å². The average Bonchev–Trinajstić information content (AvgIpc) is 3.02. The van der Waals surface area contributed by atoms with Crippen LogP contribution in [-0.4, -0.2) is 44.8 Å². The lowest BCUT2D eigenvalue weighted by atomic mass is 9.62. The van der Waals surface area contributed by atoms with E-state index in [0.29, 0.717) is 42.2 Å². The summed E-state index contributed by atoms with van der Waals surface area (Å²) in [6, 6.07) is 13.4. The minimum absolute atomic E-state index is 0.00685. The molecule has 2 aliphatic rings. The molecule has 2 aliphatic carbocycles. The van der Waals surface area contributed by atoms with Crippen LogP contribution in [0.5, 0.6) is 0 Å². The molecule has 8 nitrogen and oxygen atoms in total. The fourth-order valence-electron chi connectivity index (χ4n) is 6.03. The standard InChI is InChI=1S/C18H19FN2O2.C17H18FN3O/c1-2-23-17(22)13-11-20-16(21-12-13)10-18(8-3-9-18)14-4-6-15(19)7-5-14;18-14-4-2-13(3-5-14)17(6-1-7-17)8-16-20-10-12(11-21-16)15(22)9-19/h4-7,11-12H,2-3,8-10H2,1H3;2-5,10-11H,1,6-9,19H2. The zero-order valence-electron chi connectivity index (χ0n) is 25.3. The SMILES string of the molecule is CCOC(=O)c1cnc(CC2(c3ccc(F)cc3)CCC2)nc1.NCC(=O)c1cnc(CC2(c3ccc(F)cc3)CCC2)nc1. The summed E-state index contributed by atoms with van der Waals surface area (Å²) in [5.74, 6) is 0.386. The lowest BCUT2D eigenvalue weighted by Gasteiger charge is -2.42. The van der Waals surface area contributed by atoms with Crippen molar-refractivity contribution in [3.63, 3.8) is 0 Å². The Balaban J connectivity index is 0.000000178. The molecule has 0 amide bonds. The average molecular weight is 614 g/mol. The summed E-state index contributed by atoms with van der Waals surface area (Å²) < 4.78 is 31.2. The summed E-state index contributed by atoms with van der Waals surface area (Å²) in [6.07, 6.45) is 14.0. The highest BCUT2D eigenvalue weighted by atomic mass is 19.1. The van der Waals surface area contributed by atoms with E-state index >= 15 is 0 Å². The van der Waals surface area contributed by atoms with Crippen molar-refractivity contribution in [1.82, 2.24) is 19.9 Å². The first-order valence-corrected chi connectivity index (χ1v) is 15.3. The number of hydrogen-bond donors (Lipinski definition) is 1. The number of ether oxygens (including phenoxy) is 1. The Morgan fingerprint density at radius 2 is 1.11 bits per heavy atom. The van der Waals surface area contributed by atoms with Crippen molar-refractivity contribution in [2.24, 2.45) is 5.73 Å². The van der Waals surface area contributed by atoms with Crippen molar-refractivity contribution < 1.29 is 23.1 Å². The van der Waals surface area contributed by atoms with E-state index in [2.05, 4.69) is 19.9 Å². The zero-order valence-corrected chi connectivity index (χ0v) is 25.3. The quantitative estimate of drug-likeness (QED) is 0.174. The number of esters is 1. The molecular formula is C35H37F2N5O3. The molecule has 2 heterocycles. The van der Waals surface area contributed by atoms with Gasteiger partial charge in [-0.3, -0.25) is 4.79 Å². The molecule has 0 spiro atoms. The highest BCUT2D eigenvalue weighted by Crippen LogP contribution is 2.46. The number of carbonyl (C=O) groups is 2. The maximum absolute atomic E-state index is 13.1. The molecule has 0 saturated heterocycles. The van der Waals surface area contributed by atoms with Gasteiger partial charge in [-0.25, -0.2) is 33.5 Å². The molecule has 10 heteroatoms. The van der Waals surface area contributed by atoms with Crippen molar-refractivity contribution >= 4 is 11.8 Å². The van der Waals surface area contributed by atoms with Crippen molar-refractivity contribution in [3.05, 3.63) is 119 Å². The van der Waals surface area contributed by atoms with Crippen LogP contribution < -0.4 is 5.73 Å². The van der Waals surface area contributed by atoms with Crippen molar-refractivity contribution in [2.75, 3.05) is 13.2 Å². The van der Waals surface area contributed by atoms with E-state index in [0.717, 1.165) is 49.7 Å². The van der Waals surface area contributed by atoms with Gasteiger partial charge in [0, 0.05) is 48.5 Å². The maximum Gasteiger partial charge on any atom is 0.341 e. The number of ketones is 1. The third kappa shape index (κ3) is 7.45. The van der Waals surface area contributed by atoms with Crippen molar-refractivity contribution in [3.8, 4) is 0 Å². The molecular weight excluding hydrogens is 576 g/mol. The van der Waals surface area contributed by atoms with Gasteiger partial charge in [-0.15, -0.1) is 0 Å². The van der Waals surface area contributed by atoms with E-state index < -0.39 is 5.97 Å². The van der Waals surface area contributed by atoms with Gasteiger partial charge in [-0.05, 0) is 68.0 Å². The predicted molar refractivity (Wildman–Crippen MR) is 165 cm³/mol. The molecule has 45 heavy (non-hydrogen) atoms. The van der Waals surface area contributed by atoms with E-state index in [1.54, 1.807) is 6.92 Å². The first-order chi connectivity index (χ1) is 21.8. The number of nitrogens with zero attached hydrogens (tertiary/aromatic N) is 4. The number of carbonyl (C=O) groups excluding carboxylic acids is 2. The molecule has 0 atom stereocenters. The number of rotatable bonds is 10. The van der Waals surface area contributed by atoms with Gasteiger partial charge in [0.15, 0.2) is 5.78 Å². The Kier molecular flexibility index (Phi) is 10.0. The van der Waals surface area contributed by atoms with Crippen LogP contribution in [0.3, 0.4) is 0 Å². The highest BCUT2D eigenvalue weighted by molar-refractivity contribution is 5.96. The first-order valence-electron chi connectivity index (χ1n) is 15.3. The number of benzene rings is 2. The second-order valence-electron chi connectivity index (χ2n) is 11.8. The van der Waals surface area contributed by atoms with E-state index in [9.17, 15) is 18.4 Å². The van der Waals surface area contributed by atoms with E-state index in [-0.39, 0.29) is 34.8 Å². The summed E-state index contributed by atoms with van der Waals surface area (Å²) in [5, 5.41) is 0. The molecule has 2 N–H and O–H groups in total. The van der Waals surface area contributed by atoms with Gasteiger partial charge >= 0.3 is 5.97 Å². The molecule has 0 bridgehead atoms. The summed E-state index contributed by atoms with van der Waals surface area (Å²) in [6.45, 7) is 2.05. The van der Waals surface area contributed by atoms with Gasteiger partial charge in [0.25, 0.3) is 0 Å². The minimum Gasteiger partial charge on any atom is -0.462 e. The fourth-order valence-corrected chi connectivity index (χ4v) is 6.03. The normalized spacial score (nSPS) is 15.9. The van der Waals surface area contributed by atoms with E-state index in [1.807, 2.05) is 24.3 Å². The van der Waals surface area contributed by atoms with Crippen LogP contribution in [0, 0.1) is 11.6 Å². The lowest BCUT2D eigenvalue weighted by Crippen LogP contribution is -2.37. The first kappa shape index (κ1) is 32.0. The summed E-state index contributed by atoms with van der Waals surface area (Å²) in [5.41, 5.74) is 8.37. The molecule has 0 aliphatic heterocycles. The molecule has 2 fully saturated rings. The largest absolute Gasteiger partial charge is 0.462 e. The lowest BCUT2D eigenvalue weighted by molar-refractivity contribution is 0.0525. The Labute approximate surface area is 261 Å². The summed E-state index contributed by atoms with van der Waals surface area (Å²) in [4.78, 5) is 40.3. The Bertz CT molecular complexity index is 1590. The van der Waals surface area contributed by atoms with E-state index in [4.69, 9.17) is 10.5 Å². The molecule has 2 aromatic heterocycles. The van der Waals surface area contributed by atoms with Gasteiger partial charge < -0.3 is 10.5 Å². The molecule has 234 valence electrons. The van der Waals surface area contributed by atoms with Crippen molar-refractivity contribution in [1.29, 1.82) is 0 Å². The Morgan fingerprint density at radius 3 is 1.44 bits per heavy atom. The molecule has 6 rings (SSSR count). The molecule has 4 aromatic rings. The second-order valence-corrected chi connectivity index (χ2v) is 11.8. The molecule has 0 unspecified atom stereocenters. The smallest absolute Gasteiger partial charge is 0.341 e. The fraction of sp³-hybridized carbons (Fsp3) is 0.371. The topological polar surface area (TPSA) is 121 Å². The van der Waals surface area contributed by atoms with Crippen LogP contribution >= 0.6 is 0 Å². The molecule has 2 saturated carbocycles. The maximum atomic E-state index is 13.1. The minimum atomic E-state index is -0.407. The second kappa shape index (κ2) is 14.1. The van der Waals surface area contributed by atoms with Gasteiger partial charge in [0.1, 0.15) is 23.3 Å². The highest BCUT2D eigenvalue weighted by Gasteiger charge is 2.40. The van der Waals surface area contributed by atoms with Gasteiger partial charge in [-0.1, -0.05) is 37.1 Å². The van der Waals surface area contributed by atoms with Gasteiger partial charge in [0.05, 0.1) is 24.3 Å². The van der Waals surface area contributed by atoms with Gasteiger partial charge in [0.2, 0.25) is 0 Å². The number of Topliss-reactive ketones (excluding diaryl/α,β-unsaturated/α-hetero) is 1. The summed E-state index contributed by atoms with van der Waals surface area (Å²) in [7, 11) is 0. The van der Waals surface area contributed by atoms with Crippen LogP contribution in [0.2, 0.25) is 0 Å². The Hall–Kier alpha value is -4.44. The van der Waals surface area contributed by atoms with Crippen LogP contribution in [0.4, 0.5) is 8.78 Å². The number of nitrogens with two attached hydrogens (primary N) is 1. The number of hydrogen-bond acceptors (Lipinski definition) is 8. The molecule has 2 aromatic carbocycles. The van der Waals surface area contributed by atoms with E-state index in [1.165, 1.54) is 49.1 Å². The van der Waals surface area contributed by atoms with Crippen LogP contribution in [-0.2, 0) is 28.4 Å². The zero-order chi connectivity index (χ0) is 31.9. The molecule has 0 radical (unpaired) electrons. The van der Waals surface area contributed by atoms with Crippen LogP contribution in [0.15, 0.2) is 73.3 Å². The third-order valence-electron chi connectivity index (χ3n) is 8.96. The van der Waals surface area contributed by atoms with Crippen LogP contribution in [0.1, 0.15) is 88.9 Å². The third-order valence-corrected chi connectivity index (χ3v) is 8.96. The number of halogens is 2. The predicted octanol–water partition coefficient (Wildman–Crippen LogP) is 5.88. The van der Waals surface area contributed by atoms with Crippen LogP contribution in [0.25, 0.3) is 0 Å². The van der Waals surface area contributed by atoms with Gasteiger partial charge in [-0.2, -0.15) is 0 Å². The Morgan fingerprint density at radius 1 is 0.711 bits per heavy atom. The summed E-state index contributed by atoms with van der Waals surface area (Å²) >= 11 is 0. The monoisotopic (exact) mass is 613 g/mol.